The number of anilines is 1. The van der Waals surface area contributed by atoms with Crippen LogP contribution in [-0.2, 0) is 11.2 Å². The maximum absolute atomic E-state index is 12.2. The summed E-state index contributed by atoms with van der Waals surface area (Å²) < 4.78 is 6.67. The van der Waals surface area contributed by atoms with Crippen molar-refractivity contribution < 1.29 is 9.53 Å². The number of nitrogens with one attached hydrogen (secondary N) is 1. The zero-order chi connectivity index (χ0) is 18.4. The van der Waals surface area contributed by atoms with Crippen molar-refractivity contribution in [3.05, 3.63) is 58.6 Å². The van der Waals surface area contributed by atoms with E-state index in [-0.39, 0.29) is 5.91 Å². The second-order valence-corrected chi connectivity index (χ2v) is 7.49. The second-order valence-electron chi connectivity index (χ2n) is 6.58. The Balaban J connectivity index is 1.41. The number of carbonyl (C=O) groups excluding carboxylic acids is 1. The molecule has 0 unspecified atom stereocenters. The number of para-hydroxylation sites is 1. The van der Waals surface area contributed by atoms with Gasteiger partial charge >= 0.3 is 0 Å². The third-order valence-electron chi connectivity index (χ3n) is 4.61. The molecule has 0 bridgehead atoms. The van der Waals surface area contributed by atoms with Crippen molar-refractivity contribution in [2.24, 2.45) is 0 Å². The van der Waals surface area contributed by atoms with Crippen LogP contribution in [0.25, 0.3) is 0 Å². The lowest BCUT2D eigenvalue weighted by atomic mass is 10.0. The van der Waals surface area contributed by atoms with Crippen LogP contribution in [0.3, 0.4) is 0 Å². The molecule has 0 saturated heterocycles. The van der Waals surface area contributed by atoms with Gasteiger partial charge in [0.25, 0.3) is 5.91 Å². The number of hydrogen-bond donors (Lipinski definition) is 1. The first kappa shape index (κ1) is 18.8. The standard InChI is InChI=1S/C21H25BrN2O2/c1-16(26-19-11-9-18(22)10-12-19)21(25)23-13-5-15-24-14-4-7-17-6-2-3-8-20(17)24/h2-3,6,8-12,16H,4-5,7,13-15H2,1H3,(H,23,25)/t16-/m0/s1. The number of halogens is 1. The van der Waals surface area contributed by atoms with Gasteiger partial charge in [-0.15, -0.1) is 0 Å². The van der Waals surface area contributed by atoms with Crippen LogP contribution in [-0.4, -0.2) is 31.6 Å². The molecular weight excluding hydrogens is 392 g/mol. The lowest BCUT2D eigenvalue weighted by molar-refractivity contribution is -0.127. The van der Waals surface area contributed by atoms with E-state index in [9.17, 15) is 4.79 Å². The SMILES string of the molecule is C[C@H](Oc1ccc(Br)cc1)C(=O)NCCCN1CCCc2ccccc21. The third-order valence-corrected chi connectivity index (χ3v) is 5.13. The van der Waals surface area contributed by atoms with Gasteiger partial charge < -0.3 is 15.0 Å². The summed E-state index contributed by atoms with van der Waals surface area (Å²) in [5.41, 5.74) is 2.77. The van der Waals surface area contributed by atoms with E-state index in [0.29, 0.717) is 12.3 Å². The van der Waals surface area contributed by atoms with Gasteiger partial charge in [0.1, 0.15) is 5.75 Å². The number of nitrogens with zero attached hydrogens (tertiary/aromatic N) is 1. The van der Waals surface area contributed by atoms with E-state index in [1.54, 1.807) is 6.92 Å². The average Bonchev–Trinajstić information content (AvgIpc) is 2.67. The van der Waals surface area contributed by atoms with Crippen molar-refractivity contribution in [3.8, 4) is 5.75 Å². The molecule has 1 N–H and O–H groups in total. The number of rotatable bonds is 7. The quantitative estimate of drug-likeness (QED) is 0.688. The van der Waals surface area contributed by atoms with Gasteiger partial charge in [-0.1, -0.05) is 34.1 Å². The highest BCUT2D eigenvalue weighted by molar-refractivity contribution is 9.10. The highest BCUT2D eigenvalue weighted by atomic mass is 79.9. The predicted octanol–water partition coefficient (Wildman–Crippen LogP) is 4.18. The number of aryl methyl sites for hydroxylation is 1. The van der Waals surface area contributed by atoms with Gasteiger partial charge in [-0.25, -0.2) is 0 Å². The fourth-order valence-corrected chi connectivity index (χ4v) is 3.50. The number of carbonyl (C=O) groups is 1. The molecule has 2 aromatic rings. The first-order valence-electron chi connectivity index (χ1n) is 9.16. The predicted molar refractivity (Wildman–Crippen MR) is 109 cm³/mol. The Kier molecular flexibility index (Phi) is 6.56. The van der Waals surface area contributed by atoms with E-state index < -0.39 is 6.10 Å². The van der Waals surface area contributed by atoms with Crippen molar-refractivity contribution in [1.82, 2.24) is 5.32 Å². The van der Waals surface area contributed by atoms with Crippen LogP contribution in [0.5, 0.6) is 5.75 Å². The largest absolute Gasteiger partial charge is 0.481 e. The average molecular weight is 417 g/mol. The zero-order valence-electron chi connectivity index (χ0n) is 15.1. The van der Waals surface area contributed by atoms with Crippen LogP contribution in [0, 0.1) is 0 Å². The molecule has 138 valence electrons. The Morgan fingerprint density at radius 2 is 2.00 bits per heavy atom. The van der Waals surface area contributed by atoms with Crippen LogP contribution in [0.1, 0.15) is 25.3 Å². The van der Waals surface area contributed by atoms with Gasteiger partial charge in [-0.3, -0.25) is 4.79 Å². The molecule has 0 aliphatic carbocycles. The molecular formula is C21H25BrN2O2. The molecule has 1 atom stereocenters. The summed E-state index contributed by atoms with van der Waals surface area (Å²) >= 11 is 3.39. The van der Waals surface area contributed by atoms with E-state index in [1.807, 2.05) is 24.3 Å². The van der Waals surface area contributed by atoms with Crippen molar-refractivity contribution in [2.75, 3.05) is 24.5 Å². The fraction of sp³-hybridized carbons (Fsp3) is 0.381. The molecule has 1 aliphatic heterocycles. The van der Waals surface area contributed by atoms with Gasteiger partial charge in [0.2, 0.25) is 0 Å². The molecule has 0 aromatic heterocycles. The Morgan fingerprint density at radius 3 is 2.81 bits per heavy atom. The maximum Gasteiger partial charge on any atom is 0.260 e. The monoisotopic (exact) mass is 416 g/mol. The molecule has 0 fully saturated rings. The number of amides is 1. The van der Waals surface area contributed by atoms with E-state index in [0.717, 1.165) is 30.4 Å². The van der Waals surface area contributed by atoms with Crippen molar-refractivity contribution >= 4 is 27.5 Å². The van der Waals surface area contributed by atoms with E-state index in [1.165, 1.54) is 17.7 Å². The molecule has 1 aliphatic rings. The number of hydrogen-bond acceptors (Lipinski definition) is 3. The summed E-state index contributed by atoms with van der Waals surface area (Å²) in [6.45, 7) is 4.48. The molecule has 26 heavy (non-hydrogen) atoms. The van der Waals surface area contributed by atoms with Gasteiger partial charge in [-0.2, -0.15) is 0 Å². The molecule has 1 amide bonds. The minimum atomic E-state index is -0.508. The van der Waals surface area contributed by atoms with Crippen LogP contribution in [0.4, 0.5) is 5.69 Å². The van der Waals surface area contributed by atoms with Crippen LogP contribution in [0.15, 0.2) is 53.0 Å². The van der Waals surface area contributed by atoms with Crippen molar-refractivity contribution in [3.63, 3.8) is 0 Å². The Labute approximate surface area is 163 Å². The first-order valence-corrected chi connectivity index (χ1v) is 9.95. The smallest absolute Gasteiger partial charge is 0.260 e. The summed E-state index contributed by atoms with van der Waals surface area (Å²) in [6.07, 6.45) is 2.77. The topological polar surface area (TPSA) is 41.6 Å². The van der Waals surface area contributed by atoms with Crippen molar-refractivity contribution in [2.45, 2.75) is 32.3 Å². The van der Waals surface area contributed by atoms with Crippen LogP contribution in [0.2, 0.25) is 0 Å². The lowest BCUT2D eigenvalue weighted by Crippen LogP contribution is -2.38. The van der Waals surface area contributed by atoms with E-state index in [2.05, 4.69) is 50.4 Å². The molecule has 3 rings (SSSR count). The Bertz CT molecular complexity index is 733. The minimum Gasteiger partial charge on any atom is -0.481 e. The Morgan fingerprint density at radius 1 is 1.23 bits per heavy atom. The Hall–Kier alpha value is -2.01. The fourth-order valence-electron chi connectivity index (χ4n) is 3.24. The molecule has 0 radical (unpaired) electrons. The molecule has 5 heteroatoms. The number of benzene rings is 2. The van der Waals surface area contributed by atoms with Gasteiger partial charge in [0, 0.05) is 29.8 Å². The molecule has 2 aromatic carbocycles. The van der Waals surface area contributed by atoms with E-state index >= 15 is 0 Å². The summed E-state index contributed by atoms with van der Waals surface area (Å²) in [5, 5.41) is 2.98. The van der Waals surface area contributed by atoms with E-state index in [4.69, 9.17) is 4.74 Å². The minimum absolute atomic E-state index is 0.0769. The molecule has 1 heterocycles. The molecule has 0 spiro atoms. The summed E-state index contributed by atoms with van der Waals surface area (Å²) in [6, 6.07) is 16.1. The summed E-state index contributed by atoms with van der Waals surface area (Å²) in [5.74, 6) is 0.618. The summed E-state index contributed by atoms with van der Waals surface area (Å²) in [7, 11) is 0. The van der Waals surface area contributed by atoms with Crippen LogP contribution >= 0.6 is 15.9 Å². The van der Waals surface area contributed by atoms with Gasteiger partial charge in [0.15, 0.2) is 6.10 Å². The van der Waals surface area contributed by atoms with Gasteiger partial charge in [0.05, 0.1) is 0 Å². The van der Waals surface area contributed by atoms with Crippen molar-refractivity contribution in [1.29, 1.82) is 0 Å². The first-order chi connectivity index (χ1) is 12.6. The van der Waals surface area contributed by atoms with Crippen LogP contribution < -0.4 is 15.0 Å². The highest BCUT2D eigenvalue weighted by Gasteiger charge is 2.17. The molecule has 4 nitrogen and oxygen atoms in total. The summed E-state index contributed by atoms with van der Waals surface area (Å²) in [4.78, 5) is 14.6. The zero-order valence-corrected chi connectivity index (χ0v) is 16.7. The lowest BCUT2D eigenvalue weighted by Gasteiger charge is -2.31. The van der Waals surface area contributed by atoms with Gasteiger partial charge in [-0.05, 0) is 62.1 Å². The third kappa shape index (κ3) is 5.01. The molecule has 0 saturated carbocycles. The number of fused-ring (bicyclic) bond motifs is 1. The highest BCUT2D eigenvalue weighted by Crippen LogP contribution is 2.26. The second kappa shape index (κ2) is 9.08. The maximum atomic E-state index is 12.2. The normalized spacial score (nSPS) is 14.5. The number of ether oxygens (including phenoxy) is 1.